The lowest BCUT2D eigenvalue weighted by atomic mass is 10.2. The Hall–Kier alpha value is -1.97. The molecule has 3 rings (SSSR count). The minimum atomic E-state index is 0. The Morgan fingerprint density at radius 3 is 2.87 bits per heavy atom. The third kappa shape index (κ3) is 6.52. The lowest BCUT2D eigenvalue weighted by Crippen LogP contribution is -2.44. The van der Waals surface area contributed by atoms with Crippen LogP contribution < -0.4 is 20.3 Å². The van der Waals surface area contributed by atoms with Crippen molar-refractivity contribution < 1.29 is 4.74 Å². The zero-order chi connectivity index (χ0) is 20.6. The summed E-state index contributed by atoms with van der Waals surface area (Å²) in [6.07, 6.45) is 4.95. The fourth-order valence-electron chi connectivity index (χ4n) is 3.70. The van der Waals surface area contributed by atoms with Gasteiger partial charge in [-0.2, -0.15) is 0 Å². The molecule has 1 aliphatic rings. The summed E-state index contributed by atoms with van der Waals surface area (Å²) in [4.78, 5) is 11.6. The number of rotatable bonds is 8. The molecular formula is C22H35IN6O. The largest absolute Gasteiger partial charge is 0.495 e. The Kier molecular flexibility index (Phi) is 9.74. The molecule has 1 atom stereocenters. The summed E-state index contributed by atoms with van der Waals surface area (Å²) in [6.45, 7) is 10.8. The molecule has 1 saturated heterocycles. The number of hydrogen-bond donors (Lipinski definition) is 2. The number of nitrogens with zero attached hydrogens (tertiary/aromatic N) is 4. The van der Waals surface area contributed by atoms with Crippen molar-refractivity contribution in [1.29, 1.82) is 0 Å². The molecule has 2 heterocycles. The van der Waals surface area contributed by atoms with Crippen LogP contribution >= 0.6 is 24.0 Å². The molecule has 0 aliphatic carbocycles. The van der Waals surface area contributed by atoms with Crippen LogP contribution in [0.4, 0.5) is 5.69 Å². The summed E-state index contributed by atoms with van der Waals surface area (Å²) in [7, 11) is 1.73. The quantitative estimate of drug-likeness (QED) is 0.313. The van der Waals surface area contributed by atoms with Gasteiger partial charge in [0.15, 0.2) is 5.96 Å². The summed E-state index contributed by atoms with van der Waals surface area (Å²) < 4.78 is 7.71. The van der Waals surface area contributed by atoms with Crippen LogP contribution in [0.1, 0.15) is 33.0 Å². The molecule has 166 valence electrons. The van der Waals surface area contributed by atoms with E-state index in [4.69, 9.17) is 9.73 Å². The first-order chi connectivity index (χ1) is 14.1. The van der Waals surface area contributed by atoms with Crippen LogP contribution in [-0.2, 0) is 13.1 Å². The van der Waals surface area contributed by atoms with Gasteiger partial charge in [0, 0.05) is 44.6 Å². The number of hydrogen-bond acceptors (Lipinski definition) is 4. The number of aromatic nitrogens is 2. The van der Waals surface area contributed by atoms with E-state index in [0.29, 0.717) is 18.5 Å². The highest BCUT2D eigenvalue weighted by atomic mass is 127. The highest BCUT2D eigenvalue weighted by Crippen LogP contribution is 2.30. The van der Waals surface area contributed by atoms with Crippen molar-refractivity contribution in [2.75, 3.05) is 31.6 Å². The van der Waals surface area contributed by atoms with Gasteiger partial charge in [-0.15, -0.1) is 24.0 Å². The number of para-hydroxylation sites is 2. The molecule has 7 nitrogen and oxygen atoms in total. The number of nitrogens with one attached hydrogen (secondary N) is 2. The van der Waals surface area contributed by atoms with Crippen LogP contribution in [0.2, 0.25) is 0 Å². The molecule has 30 heavy (non-hydrogen) atoms. The topological polar surface area (TPSA) is 66.7 Å². The van der Waals surface area contributed by atoms with Crippen LogP contribution in [0, 0.1) is 5.92 Å². The number of halogens is 1. The average molecular weight is 526 g/mol. The van der Waals surface area contributed by atoms with Crippen molar-refractivity contribution in [3.8, 4) is 5.75 Å². The Bertz CT molecular complexity index is 806. The summed E-state index contributed by atoms with van der Waals surface area (Å²) in [6, 6.07) is 8.54. The molecule has 1 aromatic heterocycles. The number of aliphatic imine (C=N–C) groups is 1. The normalized spacial score (nSPS) is 16.5. The molecule has 2 aromatic rings. The second-order valence-electron chi connectivity index (χ2n) is 7.83. The Labute approximate surface area is 197 Å². The minimum Gasteiger partial charge on any atom is -0.495 e. The van der Waals surface area contributed by atoms with Gasteiger partial charge < -0.3 is 24.8 Å². The molecule has 0 spiro atoms. The zero-order valence-corrected chi connectivity index (χ0v) is 20.8. The highest BCUT2D eigenvalue weighted by molar-refractivity contribution is 14.0. The summed E-state index contributed by atoms with van der Waals surface area (Å²) >= 11 is 0. The fourth-order valence-corrected chi connectivity index (χ4v) is 3.70. The SMILES string of the molecule is CCNC(=NCc1nccn1CC(C)C)NC1CCN(c2ccccc2OC)C1.I. The number of ether oxygens (including phenoxy) is 1. The highest BCUT2D eigenvalue weighted by Gasteiger charge is 2.25. The summed E-state index contributed by atoms with van der Waals surface area (Å²) in [5, 5.41) is 6.96. The number of guanidine groups is 1. The van der Waals surface area contributed by atoms with Gasteiger partial charge in [-0.25, -0.2) is 9.98 Å². The van der Waals surface area contributed by atoms with E-state index in [0.717, 1.165) is 55.8 Å². The second kappa shape index (κ2) is 12.0. The van der Waals surface area contributed by atoms with Gasteiger partial charge in [-0.1, -0.05) is 26.0 Å². The van der Waals surface area contributed by atoms with Gasteiger partial charge in [0.25, 0.3) is 0 Å². The van der Waals surface area contributed by atoms with Gasteiger partial charge in [-0.05, 0) is 31.4 Å². The molecule has 1 unspecified atom stereocenters. The summed E-state index contributed by atoms with van der Waals surface area (Å²) in [5.74, 6) is 3.35. The smallest absolute Gasteiger partial charge is 0.191 e. The van der Waals surface area contributed by atoms with Crippen molar-refractivity contribution >= 4 is 35.6 Å². The van der Waals surface area contributed by atoms with E-state index in [9.17, 15) is 0 Å². The van der Waals surface area contributed by atoms with E-state index < -0.39 is 0 Å². The standard InChI is InChI=1S/C22H34N6O.HI/c1-5-23-22(25-14-21-24-11-13-28(21)15-17(2)3)26-18-10-12-27(16-18)19-8-6-7-9-20(19)29-4;/h6-9,11,13,17-18H,5,10,12,14-16H2,1-4H3,(H2,23,25,26);1H. The summed E-state index contributed by atoms with van der Waals surface area (Å²) in [5.41, 5.74) is 1.15. The molecule has 1 aliphatic heterocycles. The number of methoxy groups -OCH3 is 1. The maximum atomic E-state index is 5.52. The Morgan fingerprint density at radius 2 is 2.13 bits per heavy atom. The third-order valence-corrected chi connectivity index (χ3v) is 5.04. The average Bonchev–Trinajstić information content (AvgIpc) is 3.35. The first-order valence-electron chi connectivity index (χ1n) is 10.5. The predicted molar refractivity (Wildman–Crippen MR) is 134 cm³/mol. The number of benzene rings is 1. The van der Waals surface area contributed by atoms with E-state index in [-0.39, 0.29) is 24.0 Å². The van der Waals surface area contributed by atoms with Crippen molar-refractivity contribution in [2.45, 2.75) is 46.3 Å². The Balaban J connectivity index is 0.00000320. The molecule has 0 bridgehead atoms. The zero-order valence-electron chi connectivity index (χ0n) is 18.5. The Morgan fingerprint density at radius 1 is 1.33 bits per heavy atom. The molecule has 1 fully saturated rings. The van der Waals surface area contributed by atoms with Crippen molar-refractivity contribution in [3.63, 3.8) is 0 Å². The lowest BCUT2D eigenvalue weighted by molar-refractivity contribution is 0.415. The van der Waals surface area contributed by atoms with Gasteiger partial charge in [0.05, 0.1) is 12.8 Å². The molecule has 0 radical (unpaired) electrons. The van der Waals surface area contributed by atoms with Crippen molar-refractivity contribution in [2.24, 2.45) is 10.9 Å². The van der Waals surface area contributed by atoms with Gasteiger partial charge >= 0.3 is 0 Å². The second-order valence-corrected chi connectivity index (χ2v) is 7.83. The molecule has 2 N–H and O–H groups in total. The molecule has 1 aromatic carbocycles. The van der Waals surface area contributed by atoms with Crippen molar-refractivity contribution in [1.82, 2.24) is 20.2 Å². The van der Waals surface area contributed by atoms with Crippen LogP contribution in [-0.4, -0.2) is 48.3 Å². The van der Waals surface area contributed by atoms with Gasteiger partial charge in [0.2, 0.25) is 0 Å². The van der Waals surface area contributed by atoms with E-state index in [1.54, 1.807) is 7.11 Å². The van der Waals surface area contributed by atoms with E-state index in [2.05, 4.69) is 58.0 Å². The minimum absolute atomic E-state index is 0. The first kappa shape index (κ1) is 24.3. The lowest BCUT2D eigenvalue weighted by Gasteiger charge is -2.22. The monoisotopic (exact) mass is 526 g/mol. The molecule has 0 amide bonds. The fraction of sp³-hybridized carbons (Fsp3) is 0.545. The van der Waals surface area contributed by atoms with Crippen LogP contribution in [0.15, 0.2) is 41.7 Å². The van der Waals surface area contributed by atoms with Crippen LogP contribution in [0.5, 0.6) is 5.75 Å². The molecule has 8 heteroatoms. The molecule has 0 saturated carbocycles. The third-order valence-electron chi connectivity index (χ3n) is 5.04. The van der Waals surface area contributed by atoms with Gasteiger partial charge in [-0.3, -0.25) is 0 Å². The molecular weight excluding hydrogens is 491 g/mol. The van der Waals surface area contributed by atoms with Gasteiger partial charge in [0.1, 0.15) is 18.1 Å². The van der Waals surface area contributed by atoms with Crippen LogP contribution in [0.3, 0.4) is 0 Å². The maximum Gasteiger partial charge on any atom is 0.191 e. The number of imidazole rings is 1. The number of anilines is 1. The van der Waals surface area contributed by atoms with E-state index in [1.807, 2.05) is 24.5 Å². The van der Waals surface area contributed by atoms with E-state index >= 15 is 0 Å². The maximum absolute atomic E-state index is 5.52. The predicted octanol–water partition coefficient (Wildman–Crippen LogP) is 3.50. The van der Waals surface area contributed by atoms with Crippen LogP contribution in [0.25, 0.3) is 0 Å². The first-order valence-corrected chi connectivity index (χ1v) is 10.5. The van der Waals surface area contributed by atoms with Crippen molar-refractivity contribution in [3.05, 3.63) is 42.5 Å². The van der Waals surface area contributed by atoms with E-state index in [1.165, 1.54) is 0 Å².